The number of carbonyl (C=O) groups is 1. The second-order valence-electron chi connectivity index (χ2n) is 8.72. The lowest BCUT2D eigenvalue weighted by Crippen LogP contribution is -2.46. The number of hydrogen-bond acceptors (Lipinski definition) is 3. The fraction of sp³-hybridized carbons (Fsp3) is 0.423. The predicted octanol–water partition coefficient (Wildman–Crippen LogP) is 3.29. The third-order valence-electron chi connectivity index (χ3n) is 6.44. The van der Waals surface area contributed by atoms with Gasteiger partial charge in [0.1, 0.15) is 0 Å². The van der Waals surface area contributed by atoms with Crippen LogP contribution in [0.4, 0.5) is 0 Å². The molecule has 1 N–H and O–H groups in total. The van der Waals surface area contributed by atoms with Crippen molar-refractivity contribution in [3.05, 3.63) is 71.4 Å². The van der Waals surface area contributed by atoms with E-state index in [1.807, 2.05) is 0 Å². The van der Waals surface area contributed by atoms with Crippen LogP contribution in [-0.2, 0) is 17.8 Å². The zero-order chi connectivity index (χ0) is 21.6. The maximum absolute atomic E-state index is 12.4. The first-order chi connectivity index (χ1) is 15.1. The molecule has 0 saturated carbocycles. The van der Waals surface area contributed by atoms with Crippen molar-refractivity contribution in [1.29, 1.82) is 0 Å². The number of piperazine rings is 1. The van der Waals surface area contributed by atoms with Crippen LogP contribution in [0.3, 0.4) is 0 Å². The second kappa shape index (κ2) is 10.1. The van der Waals surface area contributed by atoms with Gasteiger partial charge in [-0.05, 0) is 43.1 Å². The Kier molecular flexibility index (Phi) is 7.05. The van der Waals surface area contributed by atoms with E-state index in [-0.39, 0.29) is 5.91 Å². The van der Waals surface area contributed by atoms with E-state index in [2.05, 4.69) is 88.4 Å². The number of carbonyl (C=O) groups excluding carboxylic acids is 1. The molecule has 0 aliphatic carbocycles. The molecule has 0 radical (unpaired) electrons. The first-order valence-corrected chi connectivity index (χ1v) is 11.4. The maximum atomic E-state index is 12.4. The molecule has 2 aromatic carbocycles. The Balaban J connectivity index is 1.34. The highest BCUT2D eigenvalue weighted by Crippen LogP contribution is 2.24. The third kappa shape index (κ3) is 5.54. The van der Waals surface area contributed by atoms with Crippen molar-refractivity contribution < 1.29 is 4.79 Å². The average molecular weight is 419 g/mol. The van der Waals surface area contributed by atoms with Crippen molar-refractivity contribution >= 4 is 16.8 Å². The van der Waals surface area contributed by atoms with Crippen LogP contribution in [0.5, 0.6) is 0 Å². The molecule has 3 aromatic rings. The largest absolute Gasteiger partial charge is 0.355 e. The SMILES string of the molecule is Cc1ccccc1Cn1cc(CCC(=O)NCCN2CCN(C)CC2)c2ccccc21. The molecule has 5 nitrogen and oxygen atoms in total. The summed E-state index contributed by atoms with van der Waals surface area (Å²) in [6.45, 7) is 9.09. The zero-order valence-corrected chi connectivity index (χ0v) is 18.8. The minimum Gasteiger partial charge on any atom is -0.355 e. The van der Waals surface area contributed by atoms with E-state index in [0.717, 1.165) is 52.2 Å². The monoisotopic (exact) mass is 418 g/mol. The molecule has 1 saturated heterocycles. The Morgan fingerprint density at radius 1 is 0.968 bits per heavy atom. The van der Waals surface area contributed by atoms with Gasteiger partial charge in [0.15, 0.2) is 0 Å². The number of hydrogen-bond donors (Lipinski definition) is 1. The summed E-state index contributed by atoms with van der Waals surface area (Å²) in [6, 6.07) is 17.1. The van der Waals surface area contributed by atoms with Crippen LogP contribution in [0.15, 0.2) is 54.7 Å². The molecule has 5 heteroatoms. The molecule has 4 rings (SSSR count). The van der Waals surface area contributed by atoms with Gasteiger partial charge in [-0.15, -0.1) is 0 Å². The second-order valence-corrected chi connectivity index (χ2v) is 8.72. The molecule has 0 bridgehead atoms. The molecule has 0 spiro atoms. The Bertz CT molecular complexity index is 1020. The summed E-state index contributed by atoms with van der Waals surface area (Å²) in [5, 5.41) is 4.36. The number of fused-ring (bicyclic) bond motifs is 1. The minimum atomic E-state index is 0.143. The van der Waals surface area contributed by atoms with E-state index in [4.69, 9.17) is 0 Å². The topological polar surface area (TPSA) is 40.5 Å². The highest BCUT2D eigenvalue weighted by Gasteiger charge is 2.14. The number of rotatable bonds is 8. The highest BCUT2D eigenvalue weighted by atomic mass is 16.1. The van der Waals surface area contributed by atoms with Crippen LogP contribution in [-0.4, -0.2) is 66.6 Å². The number of para-hydroxylation sites is 1. The molecule has 2 heterocycles. The van der Waals surface area contributed by atoms with E-state index >= 15 is 0 Å². The number of aryl methyl sites for hydroxylation is 2. The van der Waals surface area contributed by atoms with Gasteiger partial charge >= 0.3 is 0 Å². The van der Waals surface area contributed by atoms with Crippen LogP contribution in [0.1, 0.15) is 23.1 Å². The fourth-order valence-corrected chi connectivity index (χ4v) is 4.39. The van der Waals surface area contributed by atoms with Gasteiger partial charge in [0.2, 0.25) is 5.91 Å². The maximum Gasteiger partial charge on any atom is 0.220 e. The van der Waals surface area contributed by atoms with Gasteiger partial charge in [-0.25, -0.2) is 0 Å². The van der Waals surface area contributed by atoms with E-state index in [1.165, 1.54) is 27.6 Å². The number of likely N-dealkylation sites (N-methyl/N-ethyl adjacent to an activating group) is 1. The standard InChI is InChI=1S/C26H34N4O/c1-21-7-3-4-8-22(21)19-30-20-23(24-9-5-6-10-25(24)30)11-12-26(31)27-13-14-29-17-15-28(2)16-18-29/h3-10,20H,11-19H2,1-2H3,(H,27,31). The summed E-state index contributed by atoms with van der Waals surface area (Å²) in [7, 11) is 2.16. The molecular formula is C26H34N4O. The number of aromatic nitrogens is 1. The van der Waals surface area contributed by atoms with Crippen molar-refractivity contribution in [2.45, 2.75) is 26.3 Å². The van der Waals surface area contributed by atoms with Gasteiger partial charge in [-0.1, -0.05) is 42.5 Å². The fourth-order valence-electron chi connectivity index (χ4n) is 4.39. The van der Waals surface area contributed by atoms with Crippen molar-refractivity contribution in [1.82, 2.24) is 19.7 Å². The lowest BCUT2D eigenvalue weighted by atomic mass is 10.1. The molecule has 0 atom stereocenters. The Labute approximate surface area is 185 Å². The van der Waals surface area contributed by atoms with Gasteiger partial charge in [-0.2, -0.15) is 0 Å². The molecule has 1 aromatic heterocycles. The Hall–Kier alpha value is -2.63. The van der Waals surface area contributed by atoms with Crippen LogP contribution in [0, 0.1) is 6.92 Å². The summed E-state index contributed by atoms with van der Waals surface area (Å²) in [4.78, 5) is 17.2. The van der Waals surface area contributed by atoms with E-state index in [0.29, 0.717) is 6.42 Å². The normalized spacial score (nSPS) is 15.4. The molecule has 164 valence electrons. The summed E-state index contributed by atoms with van der Waals surface area (Å²) in [6.07, 6.45) is 3.53. The summed E-state index contributed by atoms with van der Waals surface area (Å²) in [5.74, 6) is 0.143. The van der Waals surface area contributed by atoms with E-state index in [1.54, 1.807) is 0 Å². The van der Waals surface area contributed by atoms with Crippen molar-refractivity contribution in [3.63, 3.8) is 0 Å². The molecule has 1 aliphatic heterocycles. The number of amides is 1. The van der Waals surface area contributed by atoms with Crippen molar-refractivity contribution in [2.75, 3.05) is 46.3 Å². The van der Waals surface area contributed by atoms with Gasteiger partial charge in [0.25, 0.3) is 0 Å². The predicted molar refractivity (Wildman–Crippen MR) is 127 cm³/mol. The van der Waals surface area contributed by atoms with Crippen molar-refractivity contribution in [3.8, 4) is 0 Å². The van der Waals surface area contributed by atoms with Crippen LogP contribution in [0.2, 0.25) is 0 Å². The molecular weight excluding hydrogens is 384 g/mol. The zero-order valence-electron chi connectivity index (χ0n) is 18.8. The van der Waals surface area contributed by atoms with Gasteiger partial charge in [0.05, 0.1) is 0 Å². The van der Waals surface area contributed by atoms with Crippen LogP contribution < -0.4 is 5.32 Å². The molecule has 1 fully saturated rings. The van der Waals surface area contributed by atoms with E-state index < -0.39 is 0 Å². The van der Waals surface area contributed by atoms with Gasteiger partial charge in [0, 0.05) is 69.3 Å². The lowest BCUT2D eigenvalue weighted by molar-refractivity contribution is -0.121. The van der Waals surface area contributed by atoms with E-state index in [9.17, 15) is 4.79 Å². The summed E-state index contributed by atoms with van der Waals surface area (Å²) in [5.41, 5.74) is 5.12. The van der Waals surface area contributed by atoms with Crippen molar-refractivity contribution in [2.24, 2.45) is 0 Å². The smallest absolute Gasteiger partial charge is 0.220 e. The number of nitrogens with zero attached hydrogens (tertiary/aromatic N) is 3. The molecule has 31 heavy (non-hydrogen) atoms. The average Bonchev–Trinajstić information content (AvgIpc) is 3.13. The lowest BCUT2D eigenvalue weighted by Gasteiger charge is -2.32. The molecule has 1 amide bonds. The summed E-state index contributed by atoms with van der Waals surface area (Å²) >= 11 is 0. The van der Waals surface area contributed by atoms with Gasteiger partial charge < -0.3 is 14.8 Å². The Morgan fingerprint density at radius 3 is 2.52 bits per heavy atom. The first kappa shape index (κ1) is 21.6. The molecule has 0 unspecified atom stereocenters. The Morgan fingerprint density at radius 2 is 1.71 bits per heavy atom. The van der Waals surface area contributed by atoms with Gasteiger partial charge in [-0.3, -0.25) is 9.69 Å². The van der Waals surface area contributed by atoms with Crippen LogP contribution >= 0.6 is 0 Å². The van der Waals surface area contributed by atoms with Crippen LogP contribution in [0.25, 0.3) is 10.9 Å². The minimum absolute atomic E-state index is 0.143. The number of benzene rings is 2. The third-order valence-corrected chi connectivity index (χ3v) is 6.44. The summed E-state index contributed by atoms with van der Waals surface area (Å²) < 4.78 is 2.32. The first-order valence-electron chi connectivity index (χ1n) is 11.4. The highest BCUT2D eigenvalue weighted by molar-refractivity contribution is 5.85. The molecule has 1 aliphatic rings. The number of nitrogens with one attached hydrogen (secondary N) is 1. The quantitative estimate of drug-likeness (QED) is 0.610.